The fourth-order valence-electron chi connectivity index (χ4n) is 3.44. The van der Waals surface area contributed by atoms with Crippen LogP contribution in [0.15, 0.2) is 48.5 Å². The summed E-state index contributed by atoms with van der Waals surface area (Å²) in [6.45, 7) is 3.63. The summed E-state index contributed by atoms with van der Waals surface area (Å²) in [5, 5.41) is 0. The van der Waals surface area contributed by atoms with Gasteiger partial charge >= 0.3 is 0 Å². The molecular weight excluding hydrogens is 360 g/mol. The van der Waals surface area contributed by atoms with Gasteiger partial charge in [0.2, 0.25) is 15.9 Å². The van der Waals surface area contributed by atoms with E-state index in [0.717, 1.165) is 18.5 Å². The minimum atomic E-state index is -3.39. The number of fused-ring (bicyclic) bond motifs is 1. The summed E-state index contributed by atoms with van der Waals surface area (Å²) in [6, 6.07) is 15.6. The SMILES string of the molecule is Cc1ccc(N(CCCC(=O)N2CCc3ccccc3C2)S(C)(=O)=O)cc1. The Morgan fingerprint density at radius 3 is 2.41 bits per heavy atom. The maximum absolute atomic E-state index is 12.6. The van der Waals surface area contributed by atoms with Gasteiger partial charge < -0.3 is 4.90 Å². The lowest BCUT2D eigenvalue weighted by Crippen LogP contribution is -2.37. The Kier molecular flexibility index (Phi) is 5.85. The van der Waals surface area contributed by atoms with Gasteiger partial charge in [-0.3, -0.25) is 9.10 Å². The summed E-state index contributed by atoms with van der Waals surface area (Å²) in [5.74, 6) is 0.0851. The first-order valence-corrected chi connectivity index (χ1v) is 11.1. The van der Waals surface area contributed by atoms with Crippen LogP contribution in [0.3, 0.4) is 0 Å². The highest BCUT2D eigenvalue weighted by molar-refractivity contribution is 7.92. The first-order chi connectivity index (χ1) is 12.8. The van der Waals surface area contributed by atoms with Crippen molar-refractivity contribution in [1.82, 2.24) is 4.90 Å². The number of sulfonamides is 1. The molecule has 0 saturated carbocycles. The van der Waals surface area contributed by atoms with Crippen molar-refractivity contribution < 1.29 is 13.2 Å². The molecule has 0 aromatic heterocycles. The number of hydrogen-bond donors (Lipinski definition) is 0. The number of hydrogen-bond acceptors (Lipinski definition) is 3. The van der Waals surface area contributed by atoms with Crippen molar-refractivity contribution in [3.8, 4) is 0 Å². The molecule has 2 aromatic rings. The highest BCUT2D eigenvalue weighted by atomic mass is 32.2. The molecule has 0 fully saturated rings. The highest BCUT2D eigenvalue weighted by Crippen LogP contribution is 2.21. The van der Waals surface area contributed by atoms with E-state index >= 15 is 0 Å². The number of benzene rings is 2. The first kappa shape index (κ1) is 19.4. The van der Waals surface area contributed by atoms with E-state index in [2.05, 4.69) is 12.1 Å². The number of aryl methyl sites for hydroxylation is 1. The Bertz CT molecular complexity index is 907. The van der Waals surface area contributed by atoms with E-state index in [4.69, 9.17) is 0 Å². The van der Waals surface area contributed by atoms with E-state index in [1.165, 1.54) is 21.7 Å². The van der Waals surface area contributed by atoms with E-state index in [-0.39, 0.29) is 5.91 Å². The molecule has 0 spiro atoms. The van der Waals surface area contributed by atoms with E-state index < -0.39 is 10.0 Å². The van der Waals surface area contributed by atoms with E-state index in [0.29, 0.717) is 31.6 Å². The monoisotopic (exact) mass is 386 g/mol. The average Bonchev–Trinajstić information content (AvgIpc) is 2.64. The van der Waals surface area contributed by atoms with Crippen LogP contribution in [0.2, 0.25) is 0 Å². The largest absolute Gasteiger partial charge is 0.338 e. The number of rotatable bonds is 6. The molecule has 0 saturated heterocycles. The smallest absolute Gasteiger partial charge is 0.232 e. The second kappa shape index (κ2) is 8.13. The van der Waals surface area contributed by atoms with Gasteiger partial charge in [0.05, 0.1) is 11.9 Å². The van der Waals surface area contributed by atoms with Gasteiger partial charge in [-0.2, -0.15) is 0 Å². The van der Waals surface area contributed by atoms with E-state index in [1.54, 1.807) is 12.1 Å². The lowest BCUT2D eigenvalue weighted by Gasteiger charge is -2.29. The molecule has 0 bridgehead atoms. The Labute approximate surface area is 161 Å². The molecule has 1 amide bonds. The maximum Gasteiger partial charge on any atom is 0.232 e. The molecule has 1 aliphatic heterocycles. The van der Waals surface area contributed by atoms with Crippen LogP contribution >= 0.6 is 0 Å². The summed E-state index contributed by atoms with van der Waals surface area (Å²) in [7, 11) is -3.39. The van der Waals surface area contributed by atoms with Gasteiger partial charge in [-0.15, -0.1) is 0 Å². The van der Waals surface area contributed by atoms with Crippen LogP contribution in [-0.2, 0) is 27.8 Å². The van der Waals surface area contributed by atoms with Gasteiger partial charge in [-0.05, 0) is 43.0 Å². The van der Waals surface area contributed by atoms with Gasteiger partial charge in [0.15, 0.2) is 0 Å². The minimum Gasteiger partial charge on any atom is -0.338 e. The first-order valence-electron chi connectivity index (χ1n) is 9.23. The van der Waals surface area contributed by atoms with Crippen molar-refractivity contribution in [2.75, 3.05) is 23.7 Å². The van der Waals surface area contributed by atoms with E-state index in [1.807, 2.05) is 36.1 Å². The van der Waals surface area contributed by atoms with Crippen LogP contribution in [0.1, 0.15) is 29.5 Å². The summed E-state index contributed by atoms with van der Waals surface area (Å²) in [6.07, 6.45) is 2.93. The minimum absolute atomic E-state index is 0.0851. The summed E-state index contributed by atoms with van der Waals surface area (Å²) < 4.78 is 25.7. The summed E-state index contributed by atoms with van der Waals surface area (Å²) >= 11 is 0. The number of carbonyl (C=O) groups excluding carboxylic acids is 1. The topological polar surface area (TPSA) is 57.7 Å². The predicted molar refractivity (Wildman–Crippen MR) is 108 cm³/mol. The summed E-state index contributed by atoms with van der Waals surface area (Å²) in [5.41, 5.74) is 4.23. The second-order valence-corrected chi connectivity index (χ2v) is 9.02. The molecule has 0 radical (unpaired) electrons. The molecule has 144 valence electrons. The Balaban J connectivity index is 1.59. The predicted octanol–water partition coefficient (Wildman–Crippen LogP) is 3.13. The van der Waals surface area contributed by atoms with Crippen LogP contribution in [0, 0.1) is 6.92 Å². The quantitative estimate of drug-likeness (QED) is 0.766. The highest BCUT2D eigenvalue weighted by Gasteiger charge is 2.21. The van der Waals surface area contributed by atoms with Crippen molar-refractivity contribution in [1.29, 1.82) is 0 Å². The zero-order chi connectivity index (χ0) is 19.4. The standard InChI is InChI=1S/C21H26N2O3S/c1-17-9-11-20(12-10-17)23(27(2,25)26)14-5-8-21(24)22-15-13-18-6-3-4-7-19(18)16-22/h3-4,6-7,9-12H,5,8,13-16H2,1-2H3. The lowest BCUT2D eigenvalue weighted by molar-refractivity contribution is -0.132. The van der Waals surface area contributed by atoms with Gasteiger partial charge in [0.25, 0.3) is 0 Å². The molecule has 0 unspecified atom stereocenters. The number of nitrogens with zero attached hydrogens (tertiary/aromatic N) is 2. The molecule has 0 atom stereocenters. The second-order valence-electron chi connectivity index (χ2n) is 7.11. The van der Waals surface area contributed by atoms with Crippen LogP contribution < -0.4 is 4.31 Å². The van der Waals surface area contributed by atoms with Crippen molar-refractivity contribution >= 4 is 21.6 Å². The van der Waals surface area contributed by atoms with Crippen LogP contribution in [0.4, 0.5) is 5.69 Å². The zero-order valence-corrected chi connectivity index (χ0v) is 16.7. The van der Waals surface area contributed by atoms with Gasteiger partial charge in [0.1, 0.15) is 0 Å². The van der Waals surface area contributed by atoms with Crippen molar-refractivity contribution in [3.05, 3.63) is 65.2 Å². The van der Waals surface area contributed by atoms with Gasteiger partial charge in [-0.25, -0.2) is 8.42 Å². The average molecular weight is 387 g/mol. The molecule has 0 aliphatic carbocycles. The summed E-state index contributed by atoms with van der Waals surface area (Å²) in [4.78, 5) is 14.5. The van der Waals surface area contributed by atoms with Gasteiger partial charge in [-0.1, -0.05) is 42.0 Å². The zero-order valence-electron chi connectivity index (χ0n) is 15.9. The van der Waals surface area contributed by atoms with Crippen LogP contribution in [0.25, 0.3) is 0 Å². The van der Waals surface area contributed by atoms with Crippen LogP contribution in [-0.4, -0.2) is 38.6 Å². The third-order valence-electron chi connectivity index (χ3n) is 4.96. The maximum atomic E-state index is 12.6. The number of carbonyl (C=O) groups is 1. The molecule has 27 heavy (non-hydrogen) atoms. The Morgan fingerprint density at radius 1 is 1.07 bits per heavy atom. The van der Waals surface area contributed by atoms with E-state index in [9.17, 15) is 13.2 Å². The molecule has 1 heterocycles. The molecule has 3 rings (SSSR count). The lowest BCUT2D eigenvalue weighted by atomic mass is 9.99. The molecule has 2 aromatic carbocycles. The number of anilines is 1. The fourth-order valence-corrected chi connectivity index (χ4v) is 4.40. The fraction of sp³-hybridized carbons (Fsp3) is 0.381. The van der Waals surface area contributed by atoms with Gasteiger partial charge in [0, 0.05) is 26.1 Å². The Hall–Kier alpha value is -2.34. The van der Waals surface area contributed by atoms with Crippen molar-refractivity contribution in [2.45, 2.75) is 32.7 Å². The Morgan fingerprint density at radius 2 is 1.74 bits per heavy atom. The molecular formula is C21H26N2O3S. The molecule has 0 N–H and O–H groups in total. The number of amides is 1. The third-order valence-corrected chi connectivity index (χ3v) is 6.15. The normalized spacial score (nSPS) is 13.9. The molecule has 1 aliphatic rings. The van der Waals surface area contributed by atoms with Crippen LogP contribution in [0.5, 0.6) is 0 Å². The van der Waals surface area contributed by atoms with Crippen molar-refractivity contribution in [2.24, 2.45) is 0 Å². The molecule has 5 nitrogen and oxygen atoms in total. The third kappa shape index (κ3) is 4.89. The van der Waals surface area contributed by atoms with Crippen molar-refractivity contribution in [3.63, 3.8) is 0 Å². The molecule has 6 heteroatoms.